The number of benzene rings is 4. The Balaban J connectivity index is 1.23. The largest absolute Gasteiger partial charge is 0.422 e. The molecular weight excluding hydrogens is 672 g/mol. The highest BCUT2D eigenvalue weighted by molar-refractivity contribution is 9.10. The Morgan fingerprint density at radius 2 is 1.75 bits per heavy atom. The van der Waals surface area contributed by atoms with E-state index >= 15 is 0 Å². The molecule has 2 amide bonds. The summed E-state index contributed by atoms with van der Waals surface area (Å²) in [5.41, 5.74) is 4.79. The van der Waals surface area contributed by atoms with E-state index in [1.54, 1.807) is 48.5 Å². The second-order valence-corrected chi connectivity index (χ2v) is 11.7. The van der Waals surface area contributed by atoms with Crippen LogP contribution in [0.3, 0.4) is 0 Å². The lowest BCUT2D eigenvalue weighted by molar-refractivity contribution is -0.384. The summed E-state index contributed by atoms with van der Waals surface area (Å²) in [4.78, 5) is 49.0. The van der Waals surface area contributed by atoms with Crippen LogP contribution in [0.25, 0.3) is 10.1 Å². The SMILES string of the molecule is Cc1cccc(C(=O)Oc2ccc(Br)cc2/C=N\NC(=O)c2ccc(NC(=O)c3sc4cc([N+](=O)[O-])ccc4c3Cl)cc2)c1. The van der Waals surface area contributed by atoms with E-state index in [4.69, 9.17) is 16.3 Å². The Bertz CT molecular complexity index is 1980. The maximum atomic E-state index is 12.9. The number of amides is 2. The summed E-state index contributed by atoms with van der Waals surface area (Å²) in [6.45, 7) is 1.88. The molecule has 0 radical (unpaired) electrons. The molecule has 0 fully saturated rings. The van der Waals surface area contributed by atoms with Gasteiger partial charge in [0, 0.05) is 43.5 Å². The van der Waals surface area contributed by atoms with Gasteiger partial charge in [0.1, 0.15) is 10.6 Å². The van der Waals surface area contributed by atoms with Crippen molar-refractivity contribution in [1.82, 2.24) is 5.43 Å². The van der Waals surface area contributed by atoms with Gasteiger partial charge in [-0.2, -0.15) is 5.10 Å². The van der Waals surface area contributed by atoms with Crippen LogP contribution in [0, 0.1) is 17.0 Å². The van der Waals surface area contributed by atoms with Crippen LogP contribution in [0.5, 0.6) is 5.75 Å². The number of hydrogen-bond donors (Lipinski definition) is 2. The van der Waals surface area contributed by atoms with E-state index < -0.39 is 22.7 Å². The summed E-state index contributed by atoms with van der Waals surface area (Å²) in [6.07, 6.45) is 1.36. The van der Waals surface area contributed by atoms with Crippen molar-refractivity contribution in [2.75, 3.05) is 5.32 Å². The second kappa shape index (κ2) is 13.2. The Morgan fingerprint density at radius 1 is 0.977 bits per heavy atom. The first kappa shape index (κ1) is 30.5. The van der Waals surface area contributed by atoms with Gasteiger partial charge in [0.05, 0.1) is 21.7 Å². The molecule has 13 heteroatoms. The van der Waals surface area contributed by atoms with Gasteiger partial charge in [0.25, 0.3) is 17.5 Å². The van der Waals surface area contributed by atoms with Gasteiger partial charge in [-0.15, -0.1) is 11.3 Å². The molecule has 1 heterocycles. The Labute approximate surface area is 267 Å². The summed E-state index contributed by atoms with van der Waals surface area (Å²) in [5.74, 6) is -1.27. The summed E-state index contributed by atoms with van der Waals surface area (Å²) in [7, 11) is 0. The van der Waals surface area contributed by atoms with Crippen molar-refractivity contribution >= 4 is 84.3 Å². The first-order valence-electron chi connectivity index (χ1n) is 12.8. The number of esters is 1. The lowest BCUT2D eigenvalue weighted by atomic mass is 10.1. The Morgan fingerprint density at radius 3 is 2.48 bits per heavy atom. The van der Waals surface area contributed by atoms with E-state index in [9.17, 15) is 24.5 Å². The molecule has 0 aliphatic rings. The number of nitro benzene ring substituents is 1. The smallest absolute Gasteiger partial charge is 0.343 e. The summed E-state index contributed by atoms with van der Waals surface area (Å²) < 4.78 is 6.80. The quantitative estimate of drug-likeness (QED) is 0.0560. The minimum atomic E-state index is -0.527. The molecule has 5 aromatic rings. The predicted molar refractivity (Wildman–Crippen MR) is 173 cm³/mol. The van der Waals surface area contributed by atoms with E-state index in [0.717, 1.165) is 21.4 Å². The number of ether oxygens (including phenoxy) is 1. The van der Waals surface area contributed by atoms with Crippen LogP contribution in [0.2, 0.25) is 5.02 Å². The molecule has 0 bridgehead atoms. The van der Waals surface area contributed by atoms with Gasteiger partial charge in [-0.1, -0.05) is 45.2 Å². The van der Waals surface area contributed by atoms with Crippen LogP contribution in [0.1, 0.15) is 41.5 Å². The standard InChI is InChI=1S/C31H20BrClN4O6S/c1-17-3-2-4-19(13-17)31(40)43-25-12-7-21(32)14-20(25)16-34-36-29(38)18-5-8-22(9-6-18)35-30(39)28-27(33)24-11-10-23(37(41)42)15-26(24)44-28/h2-16H,1H3,(H,35,39)(H,36,38)/b34-16-. The third-order valence-corrected chi connectivity index (χ3v) is 8.38. The molecule has 220 valence electrons. The molecule has 10 nitrogen and oxygen atoms in total. The molecule has 0 spiro atoms. The Kier molecular flexibility index (Phi) is 9.14. The Hall–Kier alpha value is -4.91. The van der Waals surface area contributed by atoms with Crippen LogP contribution < -0.4 is 15.5 Å². The molecule has 0 aliphatic carbocycles. The highest BCUT2D eigenvalue weighted by atomic mass is 79.9. The van der Waals surface area contributed by atoms with Gasteiger partial charge in [0.2, 0.25) is 0 Å². The number of nitrogens with zero attached hydrogens (tertiary/aromatic N) is 2. The highest BCUT2D eigenvalue weighted by Gasteiger charge is 2.20. The zero-order chi connectivity index (χ0) is 31.4. The predicted octanol–water partition coefficient (Wildman–Crippen LogP) is 7.77. The second-order valence-electron chi connectivity index (χ2n) is 9.35. The third kappa shape index (κ3) is 7.00. The van der Waals surface area contributed by atoms with Crippen molar-refractivity contribution in [1.29, 1.82) is 0 Å². The normalized spacial score (nSPS) is 11.0. The van der Waals surface area contributed by atoms with E-state index in [1.807, 2.05) is 13.0 Å². The number of rotatable bonds is 8. The molecule has 5 rings (SSSR count). The van der Waals surface area contributed by atoms with Crippen LogP contribution in [-0.2, 0) is 0 Å². The van der Waals surface area contributed by atoms with E-state index in [-0.39, 0.29) is 26.9 Å². The van der Waals surface area contributed by atoms with Crippen LogP contribution in [0.4, 0.5) is 11.4 Å². The fourth-order valence-corrected chi connectivity index (χ4v) is 5.90. The van der Waals surface area contributed by atoms with Crippen LogP contribution >= 0.6 is 38.9 Å². The molecule has 0 saturated heterocycles. The van der Waals surface area contributed by atoms with E-state index in [2.05, 4.69) is 31.8 Å². The van der Waals surface area contributed by atoms with Gasteiger partial charge >= 0.3 is 5.97 Å². The van der Waals surface area contributed by atoms with E-state index in [0.29, 0.717) is 26.9 Å². The topological polar surface area (TPSA) is 140 Å². The molecule has 0 saturated carbocycles. The van der Waals surface area contributed by atoms with Gasteiger partial charge in [-0.25, -0.2) is 10.2 Å². The molecule has 4 aromatic carbocycles. The number of halogens is 2. The average molecular weight is 692 g/mol. The number of non-ortho nitro benzene ring substituents is 1. The first-order valence-corrected chi connectivity index (χ1v) is 14.8. The van der Waals surface area contributed by atoms with Crippen molar-refractivity contribution in [2.24, 2.45) is 5.10 Å². The minimum absolute atomic E-state index is 0.0980. The van der Waals surface area contributed by atoms with E-state index in [1.165, 1.54) is 36.5 Å². The van der Waals surface area contributed by atoms with Gasteiger partial charge in [-0.05, 0) is 67.6 Å². The van der Waals surface area contributed by atoms with Crippen molar-refractivity contribution in [2.45, 2.75) is 6.92 Å². The number of nitrogens with one attached hydrogen (secondary N) is 2. The molecule has 2 N–H and O–H groups in total. The third-order valence-electron chi connectivity index (χ3n) is 6.23. The minimum Gasteiger partial charge on any atom is -0.422 e. The number of carbonyl (C=O) groups excluding carboxylic acids is 3. The van der Waals surface area contributed by atoms with Gasteiger partial charge in [-0.3, -0.25) is 19.7 Å². The number of fused-ring (bicyclic) bond motifs is 1. The van der Waals surface area contributed by atoms with Gasteiger partial charge in [0.15, 0.2) is 0 Å². The highest BCUT2D eigenvalue weighted by Crippen LogP contribution is 2.37. The summed E-state index contributed by atoms with van der Waals surface area (Å²) >= 11 is 10.8. The van der Waals surface area contributed by atoms with Gasteiger partial charge < -0.3 is 10.1 Å². The lowest BCUT2D eigenvalue weighted by Gasteiger charge is -2.09. The molecular formula is C31H20BrClN4O6S. The number of hydrogen-bond acceptors (Lipinski definition) is 8. The number of anilines is 1. The zero-order valence-electron chi connectivity index (χ0n) is 22.7. The molecule has 0 atom stereocenters. The number of aryl methyl sites for hydroxylation is 1. The summed E-state index contributed by atoms with van der Waals surface area (Å²) in [6, 6.07) is 22.4. The molecule has 1 aromatic heterocycles. The zero-order valence-corrected chi connectivity index (χ0v) is 25.8. The summed E-state index contributed by atoms with van der Waals surface area (Å²) in [5, 5.41) is 18.5. The molecule has 44 heavy (non-hydrogen) atoms. The number of nitro groups is 1. The fraction of sp³-hybridized carbons (Fsp3) is 0.0323. The van der Waals surface area contributed by atoms with Crippen LogP contribution in [-0.4, -0.2) is 28.9 Å². The monoisotopic (exact) mass is 690 g/mol. The molecule has 0 aliphatic heterocycles. The van der Waals surface area contributed by atoms with Crippen LogP contribution in [0.15, 0.2) is 94.5 Å². The average Bonchev–Trinajstić information content (AvgIpc) is 3.34. The lowest BCUT2D eigenvalue weighted by Crippen LogP contribution is -2.18. The number of hydrazone groups is 1. The first-order chi connectivity index (χ1) is 21.1. The fourth-order valence-electron chi connectivity index (χ4n) is 4.08. The van der Waals surface area contributed by atoms with Crippen molar-refractivity contribution in [3.8, 4) is 5.75 Å². The molecule has 0 unspecified atom stereocenters. The maximum Gasteiger partial charge on any atom is 0.343 e. The maximum absolute atomic E-state index is 12.9. The number of thiophene rings is 1. The van der Waals surface area contributed by atoms with Crippen molar-refractivity contribution in [3.05, 3.63) is 132 Å². The van der Waals surface area contributed by atoms with Crippen molar-refractivity contribution in [3.63, 3.8) is 0 Å². The van der Waals surface area contributed by atoms with Crippen molar-refractivity contribution < 1.29 is 24.0 Å². The number of carbonyl (C=O) groups is 3.